The van der Waals surface area contributed by atoms with Gasteiger partial charge in [0.1, 0.15) is 0 Å². The van der Waals surface area contributed by atoms with E-state index in [-0.39, 0.29) is 5.75 Å². The number of carbonyl (C=O) groups is 1. The second-order valence-corrected chi connectivity index (χ2v) is 3.78. The van der Waals surface area contributed by atoms with Gasteiger partial charge >= 0.3 is 5.97 Å². The number of nitrogen functional groups attached to an aromatic ring is 1. The van der Waals surface area contributed by atoms with Gasteiger partial charge in [-0.25, -0.2) is 4.79 Å². The molecule has 0 heterocycles. The van der Waals surface area contributed by atoms with Crippen molar-refractivity contribution in [3.05, 3.63) is 21.6 Å². The maximum atomic E-state index is 10.3. The molecular formula is C8H7BrClNO3. The maximum Gasteiger partial charge on any atom is 0.341 e. The number of aliphatic carboxylic acids is 1. The Kier molecular flexibility index (Phi) is 3.60. The van der Waals surface area contributed by atoms with E-state index in [0.29, 0.717) is 15.2 Å². The lowest BCUT2D eigenvalue weighted by Crippen LogP contribution is -2.10. The van der Waals surface area contributed by atoms with Crippen molar-refractivity contribution in [1.29, 1.82) is 0 Å². The molecule has 0 aliphatic heterocycles. The van der Waals surface area contributed by atoms with Crippen molar-refractivity contribution in [3.8, 4) is 5.75 Å². The van der Waals surface area contributed by atoms with Gasteiger partial charge in [-0.1, -0.05) is 11.6 Å². The van der Waals surface area contributed by atoms with Crippen LogP contribution in [0, 0.1) is 0 Å². The average Bonchev–Trinajstić information content (AvgIpc) is 2.01. The van der Waals surface area contributed by atoms with Crippen LogP contribution in [0.5, 0.6) is 5.75 Å². The molecule has 14 heavy (non-hydrogen) atoms. The van der Waals surface area contributed by atoms with Gasteiger partial charge in [0.15, 0.2) is 12.4 Å². The van der Waals surface area contributed by atoms with Crippen LogP contribution in [-0.2, 0) is 4.79 Å². The quantitative estimate of drug-likeness (QED) is 0.832. The standard InChI is InChI=1S/C8H7BrClNO3/c9-5-1-4(10)2-6(11)8(5)14-3-7(12)13/h1-2H,3,11H2,(H,12,13). The molecule has 0 atom stereocenters. The molecule has 0 fully saturated rings. The summed E-state index contributed by atoms with van der Waals surface area (Å²) in [6.07, 6.45) is 0. The minimum Gasteiger partial charge on any atom is -0.479 e. The van der Waals surface area contributed by atoms with Gasteiger partial charge in [-0.3, -0.25) is 0 Å². The Morgan fingerprint density at radius 3 is 2.79 bits per heavy atom. The number of halogens is 2. The van der Waals surface area contributed by atoms with Crippen molar-refractivity contribution < 1.29 is 14.6 Å². The van der Waals surface area contributed by atoms with Gasteiger partial charge in [-0.05, 0) is 28.1 Å². The van der Waals surface area contributed by atoms with E-state index in [2.05, 4.69) is 15.9 Å². The molecule has 4 nitrogen and oxygen atoms in total. The van der Waals surface area contributed by atoms with E-state index in [0.717, 1.165) is 0 Å². The molecule has 0 aliphatic rings. The number of carboxylic acids is 1. The van der Waals surface area contributed by atoms with Crippen molar-refractivity contribution in [2.24, 2.45) is 0 Å². The highest BCUT2D eigenvalue weighted by Gasteiger charge is 2.09. The van der Waals surface area contributed by atoms with E-state index < -0.39 is 12.6 Å². The lowest BCUT2D eigenvalue weighted by Gasteiger charge is -2.09. The number of hydrogen-bond donors (Lipinski definition) is 2. The van der Waals surface area contributed by atoms with E-state index in [4.69, 9.17) is 27.2 Å². The van der Waals surface area contributed by atoms with Gasteiger partial charge in [0, 0.05) is 5.02 Å². The molecule has 0 saturated carbocycles. The number of ether oxygens (including phenoxy) is 1. The van der Waals surface area contributed by atoms with E-state index in [1.54, 1.807) is 6.07 Å². The Morgan fingerprint density at radius 1 is 1.64 bits per heavy atom. The van der Waals surface area contributed by atoms with Crippen LogP contribution in [0.1, 0.15) is 0 Å². The monoisotopic (exact) mass is 279 g/mol. The van der Waals surface area contributed by atoms with E-state index in [9.17, 15) is 4.79 Å². The highest BCUT2D eigenvalue weighted by atomic mass is 79.9. The molecule has 0 saturated heterocycles. The number of nitrogens with two attached hydrogens (primary N) is 1. The molecule has 0 radical (unpaired) electrons. The smallest absolute Gasteiger partial charge is 0.341 e. The second-order valence-electron chi connectivity index (χ2n) is 2.49. The van der Waals surface area contributed by atoms with Gasteiger partial charge in [0.25, 0.3) is 0 Å². The highest BCUT2D eigenvalue weighted by molar-refractivity contribution is 9.10. The zero-order valence-electron chi connectivity index (χ0n) is 6.96. The van der Waals surface area contributed by atoms with Crippen LogP contribution >= 0.6 is 27.5 Å². The van der Waals surface area contributed by atoms with Crippen LogP contribution in [-0.4, -0.2) is 17.7 Å². The van der Waals surface area contributed by atoms with Crippen molar-refractivity contribution in [2.75, 3.05) is 12.3 Å². The van der Waals surface area contributed by atoms with Crippen molar-refractivity contribution >= 4 is 39.2 Å². The van der Waals surface area contributed by atoms with Gasteiger partial charge in [0.2, 0.25) is 0 Å². The lowest BCUT2D eigenvalue weighted by molar-refractivity contribution is -0.139. The van der Waals surface area contributed by atoms with Crippen LogP contribution in [0.4, 0.5) is 5.69 Å². The second kappa shape index (κ2) is 4.52. The zero-order chi connectivity index (χ0) is 10.7. The van der Waals surface area contributed by atoms with E-state index >= 15 is 0 Å². The normalized spacial score (nSPS) is 9.86. The molecule has 0 unspecified atom stereocenters. The summed E-state index contributed by atoms with van der Waals surface area (Å²) in [6, 6.07) is 3.07. The van der Waals surface area contributed by atoms with Crippen molar-refractivity contribution in [2.45, 2.75) is 0 Å². The third-order valence-corrected chi connectivity index (χ3v) is 2.18. The van der Waals surface area contributed by atoms with Crippen LogP contribution in [0.15, 0.2) is 16.6 Å². The van der Waals surface area contributed by atoms with Gasteiger partial charge in [-0.15, -0.1) is 0 Å². The van der Waals surface area contributed by atoms with Crippen LogP contribution in [0.3, 0.4) is 0 Å². The molecule has 1 aromatic carbocycles. The number of anilines is 1. The third kappa shape index (κ3) is 2.78. The van der Waals surface area contributed by atoms with E-state index in [1.807, 2.05) is 0 Å². The summed E-state index contributed by atoms with van der Waals surface area (Å²) >= 11 is 8.87. The van der Waals surface area contributed by atoms with Crippen LogP contribution < -0.4 is 10.5 Å². The molecule has 1 aromatic rings. The van der Waals surface area contributed by atoms with Crippen molar-refractivity contribution in [3.63, 3.8) is 0 Å². The van der Waals surface area contributed by atoms with Gasteiger partial charge in [0.05, 0.1) is 10.2 Å². The predicted octanol–water partition coefficient (Wildman–Crippen LogP) is 2.15. The predicted molar refractivity (Wildman–Crippen MR) is 56.7 cm³/mol. The summed E-state index contributed by atoms with van der Waals surface area (Å²) in [4.78, 5) is 10.3. The summed E-state index contributed by atoms with van der Waals surface area (Å²) in [7, 11) is 0. The summed E-state index contributed by atoms with van der Waals surface area (Å²) in [5.41, 5.74) is 5.87. The van der Waals surface area contributed by atoms with E-state index in [1.165, 1.54) is 6.07 Å². The summed E-state index contributed by atoms with van der Waals surface area (Å²) < 4.78 is 5.49. The Morgan fingerprint density at radius 2 is 2.29 bits per heavy atom. The SMILES string of the molecule is Nc1cc(Cl)cc(Br)c1OCC(=O)O. The first-order chi connectivity index (χ1) is 6.50. The topological polar surface area (TPSA) is 72.5 Å². The molecule has 0 bridgehead atoms. The third-order valence-electron chi connectivity index (χ3n) is 1.38. The summed E-state index contributed by atoms with van der Waals surface area (Å²) in [5.74, 6) is -0.775. The van der Waals surface area contributed by atoms with Crippen LogP contribution in [0.2, 0.25) is 5.02 Å². The zero-order valence-corrected chi connectivity index (χ0v) is 9.30. The molecule has 76 valence electrons. The molecule has 1 rings (SSSR count). The number of carboxylic acid groups (broad SMARTS) is 1. The van der Waals surface area contributed by atoms with Gasteiger partial charge < -0.3 is 15.6 Å². The van der Waals surface area contributed by atoms with Crippen LogP contribution in [0.25, 0.3) is 0 Å². The first kappa shape index (κ1) is 11.1. The molecule has 0 aromatic heterocycles. The first-order valence-corrected chi connectivity index (χ1v) is 4.77. The molecular weight excluding hydrogens is 273 g/mol. The average molecular weight is 281 g/mol. The molecule has 6 heteroatoms. The molecule has 0 aliphatic carbocycles. The van der Waals surface area contributed by atoms with Gasteiger partial charge in [-0.2, -0.15) is 0 Å². The molecule has 0 spiro atoms. The fraction of sp³-hybridized carbons (Fsp3) is 0.125. The number of benzene rings is 1. The minimum absolute atomic E-state index is 0.289. The molecule has 3 N–H and O–H groups in total. The summed E-state index contributed by atoms with van der Waals surface area (Å²) in [6.45, 7) is -0.440. The Hall–Kier alpha value is -0.940. The molecule has 0 amide bonds. The summed E-state index contributed by atoms with van der Waals surface area (Å²) in [5, 5.41) is 8.86. The fourth-order valence-corrected chi connectivity index (χ4v) is 1.81. The Balaban J connectivity index is 2.91. The lowest BCUT2D eigenvalue weighted by atomic mass is 10.3. The minimum atomic E-state index is -1.06. The Bertz CT molecular complexity index is 347. The highest BCUT2D eigenvalue weighted by Crippen LogP contribution is 2.34. The van der Waals surface area contributed by atoms with Crippen molar-refractivity contribution in [1.82, 2.24) is 0 Å². The largest absolute Gasteiger partial charge is 0.479 e. The Labute approximate surface area is 93.7 Å². The number of rotatable bonds is 3. The first-order valence-electron chi connectivity index (χ1n) is 3.60. The maximum absolute atomic E-state index is 10.3. The number of hydrogen-bond acceptors (Lipinski definition) is 3. The fourth-order valence-electron chi connectivity index (χ4n) is 0.866.